The normalized spacial score (nSPS) is 17.4. The highest BCUT2D eigenvalue weighted by atomic mass is 19.3. The van der Waals surface area contributed by atoms with Gasteiger partial charge in [-0.2, -0.15) is 8.78 Å². The van der Waals surface area contributed by atoms with E-state index in [1.54, 1.807) is 6.20 Å². The van der Waals surface area contributed by atoms with Crippen molar-refractivity contribution in [2.75, 3.05) is 26.3 Å². The summed E-state index contributed by atoms with van der Waals surface area (Å²) in [6, 6.07) is 10.0. The van der Waals surface area contributed by atoms with Crippen LogP contribution in [0.2, 0.25) is 0 Å². The number of alkyl halides is 2. The summed E-state index contributed by atoms with van der Waals surface area (Å²) in [4.78, 5) is 6.62. The van der Waals surface area contributed by atoms with Gasteiger partial charge >= 0.3 is 6.43 Å². The maximum atomic E-state index is 14.7. The van der Waals surface area contributed by atoms with E-state index in [1.807, 2.05) is 12.1 Å². The van der Waals surface area contributed by atoms with Crippen molar-refractivity contribution in [3.63, 3.8) is 0 Å². The highest BCUT2D eigenvalue weighted by Gasteiger charge is 2.30. The van der Waals surface area contributed by atoms with Gasteiger partial charge in [0.2, 0.25) is 5.89 Å². The summed E-state index contributed by atoms with van der Waals surface area (Å²) < 4.78 is 51.7. The lowest BCUT2D eigenvalue weighted by molar-refractivity contribution is -0.0712. The van der Waals surface area contributed by atoms with E-state index in [4.69, 9.17) is 9.15 Å². The van der Waals surface area contributed by atoms with Gasteiger partial charge in [0.05, 0.1) is 43.3 Å². The van der Waals surface area contributed by atoms with E-state index in [2.05, 4.69) is 42.5 Å². The molecule has 37 heavy (non-hydrogen) atoms. The molecular formula is C25H24F3N7O2. The van der Waals surface area contributed by atoms with Gasteiger partial charge in [-0.05, 0) is 49.5 Å². The smallest absolute Gasteiger partial charge is 0.314 e. The number of hydrogen-bond donors (Lipinski definition) is 0. The van der Waals surface area contributed by atoms with Crippen LogP contribution in [0.1, 0.15) is 42.3 Å². The van der Waals surface area contributed by atoms with Gasteiger partial charge in [0.25, 0.3) is 5.89 Å². The molecule has 0 N–H and O–H groups in total. The molecule has 9 nitrogen and oxygen atoms in total. The largest absolute Gasteiger partial charge is 0.415 e. The van der Waals surface area contributed by atoms with Crippen LogP contribution in [0.3, 0.4) is 0 Å². The molecule has 4 aromatic rings. The lowest BCUT2D eigenvalue weighted by Crippen LogP contribution is -2.51. The number of aromatic nitrogens is 6. The number of likely N-dealkylation sites (tertiary alicyclic amines) is 1. The first-order valence-electron chi connectivity index (χ1n) is 12.1. The predicted molar refractivity (Wildman–Crippen MR) is 125 cm³/mol. The number of hydrogen-bond acceptors (Lipinski definition) is 8. The number of pyridine rings is 1. The number of ether oxygens (including phenoxy) is 1. The second kappa shape index (κ2) is 10.0. The topological polar surface area (TPSA) is 95.0 Å². The van der Waals surface area contributed by atoms with E-state index < -0.39 is 18.1 Å². The average molecular weight is 512 g/mol. The number of halogens is 3. The molecule has 0 atom stereocenters. The molecular weight excluding hydrogens is 487 g/mol. The maximum Gasteiger partial charge on any atom is 0.314 e. The van der Waals surface area contributed by atoms with Crippen molar-refractivity contribution in [2.45, 2.75) is 37.8 Å². The third-order valence-corrected chi connectivity index (χ3v) is 6.96. The molecule has 0 saturated carbocycles. The molecule has 12 heteroatoms. The van der Waals surface area contributed by atoms with Gasteiger partial charge in [-0.1, -0.05) is 23.4 Å². The van der Waals surface area contributed by atoms with Crippen molar-refractivity contribution in [2.24, 2.45) is 0 Å². The zero-order valence-electron chi connectivity index (χ0n) is 19.8. The molecule has 0 radical (unpaired) electrons. The molecule has 0 aliphatic carbocycles. The van der Waals surface area contributed by atoms with Crippen LogP contribution in [0.4, 0.5) is 13.2 Å². The molecule has 0 spiro atoms. The fraction of sp³-hybridized carbons (Fsp3) is 0.400. The van der Waals surface area contributed by atoms with Crippen molar-refractivity contribution in [3.8, 4) is 22.7 Å². The van der Waals surface area contributed by atoms with Crippen LogP contribution >= 0.6 is 0 Å². The van der Waals surface area contributed by atoms with Gasteiger partial charge in [-0.15, -0.1) is 15.3 Å². The van der Waals surface area contributed by atoms with Crippen LogP contribution in [0, 0.1) is 5.82 Å². The molecule has 6 rings (SSSR count). The monoisotopic (exact) mass is 511 g/mol. The second-order valence-corrected chi connectivity index (χ2v) is 9.33. The molecule has 2 fully saturated rings. The summed E-state index contributed by atoms with van der Waals surface area (Å²) in [5.41, 5.74) is 3.16. The third-order valence-electron chi connectivity index (χ3n) is 6.96. The Balaban J connectivity index is 1.13. The number of piperidine rings is 1. The number of nitrogens with zero attached hydrogens (tertiary/aromatic N) is 7. The van der Waals surface area contributed by atoms with E-state index in [9.17, 15) is 13.2 Å². The molecule has 2 saturated heterocycles. The summed E-state index contributed by atoms with van der Waals surface area (Å²) >= 11 is 0. The van der Waals surface area contributed by atoms with Crippen molar-refractivity contribution in [1.29, 1.82) is 0 Å². The Morgan fingerprint density at radius 2 is 1.86 bits per heavy atom. The van der Waals surface area contributed by atoms with Gasteiger partial charge < -0.3 is 9.15 Å². The average Bonchev–Trinajstić information content (AvgIpc) is 3.55. The fourth-order valence-electron chi connectivity index (χ4n) is 4.78. The minimum absolute atomic E-state index is 0.0499. The Labute approximate surface area is 210 Å². The zero-order valence-corrected chi connectivity index (χ0v) is 19.8. The Morgan fingerprint density at radius 1 is 1.03 bits per heavy atom. The van der Waals surface area contributed by atoms with Gasteiger partial charge in [0.1, 0.15) is 11.5 Å². The van der Waals surface area contributed by atoms with E-state index in [0.29, 0.717) is 17.7 Å². The first kappa shape index (κ1) is 23.7. The summed E-state index contributed by atoms with van der Waals surface area (Å²) in [7, 11) is 0. The second-order valence-electron chi connectivity index (χ2n) is 9.33. The van der Waals surface area contributed by atoms with Gasteiger partial charge in [-0.3, -0.25) is 9.88 Å². The first-order valence-corrected chi connectivity index (χ1v) is 12.1. The highest BCUT2D eigenvalue weighted by molar-refractivity contribution is 5.59. The lowest BCUT2D eigenvalue weighted by Gasteiger charge is -2.41. The molecule has 3 aromatic heterocycles. The fourth-order valence-corrected chi connectivity index (χ4v) is 4.78. The standard InChI is InChI=1S/C25H24F3N7O2/c26-20-9-18(24-31-32-25(37-24)23(27)28)10-29-22(20)12-35-11-21(30-33-35)17-3-1-2-16(8-17)15-4-6-34(7-5-15)19-13-36-14-19/h1-3,8-11,15,19,23H,4-7,12-14H2. The predicted octanol–water partition coefficient (Wildman–Crippen LogP) is 4.09. The van der Waals surface area contributed by atoms with E-state index in [1.165, 1.54) is 16.4 Å². The lowest BCUT2D eigenvalue weighted by atomic mass is 9.87. The van der Waals surface area contributed by atoms with Gasteiger partial charge in [0.15, 0.2) is 0 Å². The Kier molecular flexibility index (Phi) is 6.43. The van der Waals surface area contributed by atoms with E-state index in [0.717, 1.165) is 50.8 Å². The molecule has 1 aromatic carbocycles. The molecule has 0 unspecified atom stereocenters. The SMILES string of the molecule is Fc1cc(-c2nnc(C(F)F)o2)cnc1Cn1cc(-c2cccc(C3CCN(C4COC4)CC3)c2)nn1. The van der Waals surface area contributed by atoms with E-state index in [-0.39, 0.29) is 23.7 Å². The maximum absolute atomic E-state index is 14.7. The zero-order chi connectivity index (χ0) is 25.4. The molecule has 2 aliphatic heterocycles. The number of benzene rings is 1. The van der Waals surface area contributed by atoms with Crippen LogP contribution in [-0.2, 0) is 11.3 Å². The minimum Gasteiger partial charge on any atom is -0.415 e. The molecule has 5 heterocycles. The Hall–Kier alpha value is -3.64. The van der Waals surface area contributed by atoms with Crippen LogP contribution in [0.15, 0.2) is 47.1 Å². The third kappa shape index (κ3) is 4.98. The molecule has 0 amide bonds. The summed E-state index contributed by atoms with van der Waals surface area (Å²) in [6.45, 7) is 3.90. The van der Waals surface area contributed by atoms with Crippen molar-refractivity contribution >= 4 is 0 Å². The van der Waals surface area contributed by atoms with Gasteiger partial charge in [-0.25, -0.2) is 9.07 Å². The van der Waals surface area contributed by atoms with Crippen LogP contribution in [-0.4, -0.2) is 67.4 Å². The first-order chi connectivity index (χ1) is 18.0. The summed E-state index contributed by atoms with van der Waals surface area (Å²) in [5, 5.41) is 15.2. The Bertz CT molecular complexity index is 1380. The van der Waals surface area contributed by atoms with E-state index >= 15 is 0 Å². The van der Waals surface area contributed by atoms with Gasteiger partial charge in [0, 0.05) is 11.8 Å². The van der Waals surface area contributed by atoms with Crippen molar-refractivity contribution in [3.05, 3.63) is 65.7 Å². The Morgan fingerprint density at radius 3 is 2.57 bits per heavy atom. The molecule has 192 valence electrons. The highest BCUT2D eigenvalue weighted by Crippen LogP contribution is 2.32. The van der Waals surface area contributed by atoms with Crippen molar-refractivity contribution < 1.29 is 22.3 Å². The molecule has 0 bridgehead atoms. The quantitative estimate of drug-likeness (QED) is 0.366. The molecule has 2 aliphatic rings. The van der Waals surface area contributed by atoms with Crippen LogP contribution in [0.5, 0.6) is 0 Å². The van der Waals surface area contributed by atoms with Crippen molar-refractivity contribution in [1.82, 2.24) is 35.1 Å². The summed E-state index contributed by atoms with van der Waals surface area (Å²) in [5.74, 6) is -1.19. The number of rotatable bonds is 7. The minimum atomic E-state index is -2.90. The summed E-state index contributed by atoms with van der Waals surface area (Å²) in [6.07, 6.45) is 2.37. The van der Waals surface area contributed by atoms with Crippen LogP contribution in [0.25, 0.3) is 22.7 Å². The van der Waals surface area contributed by atoms with Crippen LogP contribution < -0.4 is 0 Å².